The van der Waals surface area contributed by atoms with E-state index in [1.165, 1.54) is 5.38 Å². The minimum Gasteiger partial charge on any atom is -0.481 e. The average Bonchev–Trinajstić information content (AvgIpc) is 2.61. The van der Waals surface area contributed by atoms with Crippen molar-refractivity contribution in [3.05, 3.63) is 11.1 Å². The van der Waals surface area contributed by atoms with Crippen molar-refractivity contribution in [2.75, 3.05) is 11.9 Å². The van der Waals surface area contributed by atoms with E-state index in [-0.39, 0.29) is 17.2 Å². The van der Waals surface area contributed by atoms with Gasteiger partial charge in [0, 0.05) is 5.38 Å². The van der Waals surface area contributed by atoms with Crippen molar-refractivity contribution in [1.82, 2.24) is 4.98 Å². The lowest BCUT2D eigenvalue weighted by molar-refractivity contribution is -0.136. The van der Waals surface area contributed by atoms with Crippen LogP contribution in [0.25, 0.3) is 0 Å². The number of aliphatic carboxylic acids is 1. The van der Waals surface area contributed by atoms with Gasteiger partial charge in [-0.05, 0) is 0 Å². The third kappa shape index (κ3) is 4.17. The van der Waals surface area contributed by atoms with Crippen molar-refractivity contribution in [3.8, 4) is 0 Å². The lowest BCUT2D eigenvalue weighted by atomic mass is 10.3. The molecule has 0 aliphatic heterocycles. The van der Waals surface area contributed by atoms with Crippen LogP contribution in [0.1, 0.15) is 5.69 Å². The minimum atomic E-state index is -4.14. The van der Waals surface area contributed by atoms with Crippen LogP contribution in [0.4, 0.5) is 22.7 Å². The van der Waals surface area contributed by atoms with Crippen molar-refractivity contribution in [1.29, 1.82) is 0 Å². The molecule has 0 spiro atoms. The second-order valence-corrected chi connectivity index (χ2v) is 3.99. The number of carboxylic acid groups (broad SMARTS) is 1. The molecule has 0 aliphatic rings. The molecule has 0 bridgehead atoms. The van der Waals surface area contributed by atoms with E-state index in [9.17, 15) is 22.4 Å². The van der Waals surface area contributed by atoms with E-state index in [4.69, 9.17) is 5.11 Å². The molecule has 0 saturated heterocycles. The Morgan fingerprint density at radius 1 is 1.59 bits per heavy atom. The van der Waals surface area contributed by atoms with E-state index in [2.05, 4.69) is 4.98 Å². The van der Waals surface area contributed by atoms with Crippen LogP contribution in [-0.2, 0) is 11.2 Å². The molecule has 0 radical (unpaired) electrons. The molecule has 4 nitrogen and oxygen atoms in total. The Kier molecular flexibility index (Phi) is 4.27. The van der Waals surface area contributed by atoms with E-state index in [0.29, 0.717) is 0 Å². The van der Waals surface area contributed by atoms with Crippen molar-refractivity contribution in [2.45, 2.75) is 18.8 Å². The van der Waals surface area contributed by atoms with Gasteiger partial charge in [0.05, 0.1) is 18.7 Å². The fourth-order valence-electron chi connectivity index (χ4n) is 0.895. The van der Waals surface area contributed by atoms with E-state index < -0.39 is 24.9 Å². The van der Waals surface area contributed by atoms with Crippen molar-refractivity contribution < 1.29 is 27.5 Å². The molecular formula is C8H8F4N2O2S. The number of carboxylic acids is 1. The number of aromatic nitrogens is 1. The Balaban J connectivity index is 2.53. The summed E-state index contributed by atoms with van der Waals surface area (Å²) in [6.45, 7) is -1.25. The van der Waals surface area contributed by atoms with Crippen molar-refractivity contribution in [3.63, 3.8) is 0 Å². The quantitative estimate of drug-likeness (QED) is 0.778. The molecule has 0 unspecified atom stereocenters. The summed E-state index contributed by atoms with van der Waals surface area (Å²) in [4.78, 5) is 14.0. The van der Waals surface area contributed by atoms with Gasteiger partial charge in [-0.15, -0.1) is 11.3 Å². The molecule has 0 aliphatic carbocycles. The highest BCUT2D eigenvalue weighted by Crippen LogP contribution is 2.24. The van der Waals surface area contributed by atoms with Crippen molar-refractivity contribution >= 4 is 22.4 Å². The monoisotopic (exact) mass is 272 g/mol. The number of alkyl halides is 4. The number of thiazole rings is 1. The molecule has 0 fully saturated rings. The highest BCUT2D eigenvalue weighted by molar-refractivity contribution is 7.13. The van der Waals surface area contributed by atoms with Crippen LogP contribution < -0.4 is 5.32 Å². The predicted octanol–water partition coefficient (Wildman–Crippen LogP) is 2.08. The zero-order valence-electron chi connectivity index (χ0n) is 8.29. The number of anilines is 1. The van der Waals surface area contributed by atoms with Gasteiger partial charge in [-0.3, -0.25) is 4.79 Å². The second-order valence-electron chi connectivity index (χ2n) is 3.13. The first-order chi connectivity index (χ1) is 7.81. The molecule has 0 atom stereocenters. The SMILES string of the molecule is O=C(O)Cc1csc(NCC(F)(F)C(F)F)n1. The summed E-state index contributed by atoms with van der Waals surface area (Å²) in [5.41, 5.74) is 0.186. The number of halogens is 4. The third-order valence-electron chi connectivity index (χ3n) is 1.68. The Labute approximate surface area is 97.3 Å². The summed E-state index contributed by atoms with van der Waals surface area (Å²) in [5.74, 6) is -5.25. The first-order valence-corrected chi connectivity index (χ1v) is 5.25. The van der Waals surface area contributed by atoms with Crippen LogP contribution in [0.5, 0.6) is 0 Å². The van der Waals surface area contributed by atoms with E-state index in [1.54, 1.807) is 0 Å². The smallest absolute Gasteiger partial charge is 0.324 e. The maximum Gasteiger partial charge on any atom is 0.324 e. The lowest BCUT2D eigenvalue weighted by Gasteiger charge is -2.14. The Morgan fingerprint density at radius 2 is 2.24 bits per heavy atom. The fourth-order valence-corrected chi connectivity index (χ4v) is 1.60. The van der Waals surface area contributed by atoms with Gasteiger partial charge in [0.1, 0.15) is 0 Å². The zero-order chi connectivity index (χ0) is 13.1. The molecule has 1 aromatic heterocycles. The second kappa shape index (κ2) is 5.30. The number of carbonyl (C=O) groups is 1. The molecule has 0 amide bonds. The van der Waals surface area contributed by atoms with Crippen molar-refractivity contribution in [2.24, 2.45) is 0 Å². The molecule has 0 aromatic carbocycles. The maximum absolute atomic E-state index is 12.5. The summed E-state index contributed by atoms with van der Waals surface area (Å²) in [6, 6.07) is 0. The number of rotatable bonds is 6. The molecule has 1 aromatic rings. The van der Waals surface area contributed by atoms with Gasteiger partial charge < -0.3 is 10.4 Å². The number of nitrogens with one attached hydrogen (secondary N) is 1. The molecular weight excluding hydrogens is 264 g/mol. The largest absolute Gasteiger partial charge is 0.481 e. The van der Waals surface area contributed by atoms with Gasteiger partial charge in [0.15, 0.2) is 5.13 Å². The first kappa shape index (κ1) is 13.7. The molecule has 96 valence electrons. The van der Waals surface area contributed by atoms with Gasteiger partial charge in [-0.25, -0.2) is 13.8 Å². The fraction of sp³-hybridized carbons (Fsp3) is 0.500. The van der Waals surface area contributed by atoms with Crippen LogP contribution in [0.15, 0.2) is 5.38 Å². The van der Waals surface area contributed by atoms with Crippen LogP contribution in [0, 0.1) is 0 Å². The van der Waals surface area contributed by atoms with Gasteiger partial charge >= 0.3 is 18.3 Å². The number of hydrogen-bond donors (Lipinski definition) is 2. The lowest BCUT2D eigenvalue weighted by Crippen LogP contribution is -2.34. The number of hydrogen-bond acceptors (Lipinski definition) is 4. The predicted molar refractivity (Wildman–Crippen MR) is 52.9 cm³/mol. The Hall–Kier alpha value is -1.38. The molecule has 9 heteroatoms. The molecule has 1 rings (SSSR count). The Bertz CT molecular complexity index is 397. The maximum atomic E-state index is 12.5. The van der Waals surface area contributed by atoms with Gasteiger partial charge in [0.2, 0.25) is 0 Å². The normalized spacial score (nSPS) is 11.8. The molecule has 0 saturated carbocycles. The van der Waals surface area contributed by atoms with E-state index in [1.807, 2.05) is 5.32 Å². The Morgan fingerprint density at radius 3 is 2.76 bits per heavy atom. The van der Waals surface area contributed by atoms with Gasteiger partial charge in [0.25, 0.3) is 0 Å². The number of nitrogens with zero attached hydrogens (tertiary/aromatic N) is 1. The zero-order valence-corrected chi connectivity index (χ0v) is 9.11. The highest BCUT2D eigenvalue weighted by Gasteiger charge is 2.40. The molecule has 2 N–H and O–H groups in total. The topological polar surface area (TPSA) is 62.2 Å². The third-order valence-corrected chi connectivity index (χ3v) is 2.53. The van der Waals surface area contributed by atoms with Crippen LogP contribution in [0.3, 0.4) is 0 Å². The average molecular weight is 272 g/mol. The molecule has 17 heavy (non-hydrogen) atoms. The van der Waals surface area contributed by atoms with Crippen LogP contribution in [0.2, 0.25) is 0 Å². The highest BCUT2D eigenvalue weighted by atomic mass is 32.1. The van der Waals surface area contributed by atoms with Gasteiger partial charge in [-0.2, -0.15) is 8.78 Å². The summed E-state index contributed by atoms with van der Waals surface area (Å²) in [5, 5.41) is 11.8. The first-order valence-electron chi connectivity index (χ1n) is 4.37. The molecule has 1 heterocycles. The standard InChI is InChI=1S/C8H8F4N2O2S/c9-6(10)8(11,12)3-13-7-14-4(2-17-7)1-5(15)16/h2,6H,1,3H2,(H,13,14)(H,15,16). The summed E-state index contributed by atoms with van der Waals surface area (Å²) in [6.07, 6.45) is -4.10. The minimum absolute atomic E-state index is 0.0124. The van der Waals surface area contributed by atoms with E-state index >= 15 is 0 Å². The summed E-state index contributed by atoms with van der Waals surface area (Å²) in [7, 11) is 0. The van der Waals surface area contributed by atoms with Gasteiger partial charge in [-0.1, -0.05) is 0 Å². The van der Waals surface area contributed by atoms with Crippen LogP contribution in [-0.4, -0.2) is 35.0 Å². The van der Waals surface area contributed by atoms with E-state index in [0.717, 1.165) is 11.3 Å². The summed E-state index contributed by atoms with van der Waals surface area (Å²) >= 11 is 0.880. The summed E-state index contributed by atoms with van der Waals surface area (Å²) < 4.78 is 48.7. The van der Waals surface area contributed by atoms with Crippen LogP contribution >= 0.6 is 11.3 Å².